The fraction of sp³-hybridized carbons (Fsp3) is 0.412. The maximum atomic E-state index is 10.0. The average molecular weight is 537 g/mol. The summed E-state index contributed by atoms with van der Waals surface area (Å²) in [6.45, 7) is 14.8. The molecule has 0 fully saturated rings. The van der Waals surface area contributed by atoms with Crippen molar-refractivity contribution in [1.82, 2.24) is 0 Å². The Labute approximate surface area is 236 Å². The van der Waals surface area contributed by atoms with E-state index in [2.05, 4.69) is 58.0 Å². The Bertz CT molecular complexity index is 1690. The molecule has 6 nitrogen and oxygen atoms in total. The number of hydrogen-bond acceptors (Lipinski definition) is 6. The summed E-state index contributed by atoms with van der Waals surface area (Å²) in [7, 11) is 3.37. The van der Waals surface area contributed by atoms with Crippen molar-refractivity contribution in [2.75, 3.05) is 14.2 Å². The quantitative estimate of drug-likeness (QED) is 0.267. The number of rotatable bonds is 3. The van der Waals surface area contributed by atoms with Crippen molar-refractivity contribution in [2.45, 2.75) is 77.6 Å². The second-order valence-electron chi connectivity index (χ2n) is 12.9. The van der Waals surface area contributed by atoms with Crippen molar-refractivity contribution in [2.24, 2.45) is 0 Å². The van der Waals surface area contributed by atoms with Crippen molar-refractivity contribution < 1.29 is 18.9 Å². The van der Waals surface area contributed by atoms with E-state index in [1.54, 1.807) is 21.1 Å². The molecule has 3 aromatic carbocycles. The van der Waals surface area contributed by atoms with Crippen molar-refractivity contribution in [3.05, 3.63) is 68.8 Å². The molecule has 1 aliphatic heterocycles. The molecular formula is C34H36N2O4. The Morgan fingerprint density at radius 1 is 0.800 bits per heavy atom. The van der Waals surface area contributed by atoms with Gasteiger partial charge in [-0.25, -0.2) is 0 Å². The first-order chi connectivity index (χ1) is 18.8. The molecule has 40 heavy (non-hydrogen) atoms. The van der Waals surface area contributed by atoms with Gasteiger partial charge in [0, 0.05) is 16.7 Å². The van der Waals surface area contributed by atoms with E-state index in [4.69, 9.17) is 24.4 Å². The average Bonchev–Trinajstić information content (AvgIpc) is 3.25. The van der Waals surface area contributed by atoms with E-state index in [-0.39, 0.29) is 16.2 Å². The molecule has 1 N–H and O–H groups in total. The molecule has 6 heteroatoms. The molecule has 1 atom stereocenters. The molecule has 0 bridgehead atoms. The zero-order valence-electron chi connectivity index (χ0n) is 24.8. The molecule has 0 saturated heterocycles. The van der Waals surface area contributed by atoms with Gasteiger partial charge in [0.1, 0.15) is 11.6 Å². The highest BCUT2D eigenvalue weighted by Crippen LogP contribution is 2.65. The molecule has 1 unspecified atom stereocenters. The number of nitrogens with one attached hydrogen (secondary N) is 1. The minimum absolute atomic E-state index is 0.0762. The Balaban J connectivity index is 1.60. The molecule has 1 heterocycles. The lowest BCUT2D eigenvalue weighted by molar-refractivity contribution is 0.347. The Morgan fingerprint density at radius 3 is 1.80 bits per heavy atom. The van der Waals surface area contributed by atoms with Crippen LogP contribution in [0.1, 0.15) is 92.0 Å². The second-order valence-corrected chi connectivity index (χ2v) is 12.9. The van der Waals surface area contributed by atoms with Gasteiger partial charge in [0.25, 0.3) is 0 Å². The van der Waals surface area contributed by atoms with E-state index >= 15 is 0 Å². The van der Waals surface area contributed by atoms with Crippen molar-refractivity contribution in [3.63, 3.8) is 0 Å². The molecule has 206 valence electrons. The van der Waals surface area contributed by atoms with E-state index in [0.717, 1.165) is 35.5 Å². The number of nitrogens with zero attached hydrogens (tertiary/aromatic N) is 1. The summed E-state index contributed by atoms with van der Waals surface area (Å²) in [6, 6.07) is 10.9. The molecular weight excluding hydrogens is 500 g/mol. The highest BCUT2D eigenvalue weighted by Gasteiger charge is 2.57. The summed E-state index contributed by atoms with van der Waals surface area (Å²) in [5.74, 6) is 3.55. The first-order valence-electron chi connectivity index (χ1n) is 13.7. The summed E-state index contributed by atoms with van der Waals surface area (Å²) >= 11 is 0. The molecule has 0 saturated carbocycles. The van der Waals surface area contributed by atoms with Gasteiger partial charge in [-0.05, 0) is 102 Å². The minimum Gasteiger partial charge on any atom is -0.493 e. The molecule has 3 aromatic rings. The maximum absolute atomic E-state index is 10.0. The smallest absolute Gasteiger partial charge is 0.188 e. The van der Waals surface area contributed by atoms with Crippen LogP contribution in [0.4, 0.5) is 0 Å². The van der Waals surface area contributed by atoms with Crippen LogP contribution in [0.25, 0.3) is 0 Å². The summed E-state index contributed by atoms with van der Waals surface area (Å²) in [4.78, 5) is 0. The largest absolute Gasteiger partial charge is 0.493 e. The highest BCUT2D eigenvalue weighted by molar-refractivity contribution is 6.02. The van der Waals surface area contributed by atoms with Gasteiger partial charge in [0.05, 0.1) is 14.2 Å². The molecule has 0 radical (unpaired) electrons. The normalized spacial score (nSPS) is 20.4. The predicted octanol–water partition coefficient (Wildman–Crippen LogP) is 8.13. The zero-order valence-corrected chi connectivity index (χ0v) is 24.8. The lowest BCUT2D eigenvalue weighted by Gasteiger charge is -2.31. The molecule has 2 aliphatic carbocycles. The van der Waals surface area contributed by atoms with Crippen LogP contribution in [0.5, 0.6) is 34.5 Å². The predicted molar refractivity (Wildman–Crippen MR) is 155 cm³/mol. The SMILES string of the molecule is COc1cc2c(cc1OC)C1(CC2(C)C)CC(C)(C)c2cc3c(cc21)Oc1c(c(C#N)c(C)c(C)c1C(C)=N)O3. The van der Waals surface area contributed by atoms with Gasteiger partial charge in [-0.3, -0.25) is 0 Å². The lowest BCUT2D eigenvalue weighted by atomic mass is 9.72. The fourth-order valence-corrected chi connectivity index (χ4v) is 7.74. The van der Waals surface area contributed by atoms with Gasteiger partial charge in [-0.15, -0.1) is 0 Å². The molecule has 6 rings (SSSR count). The molecule has 0 aromatic heterocycles. The number of methoxy groups -OCH3 is 2. The van der Waals surface area contributed by atoms with Crippen molar-refractivity contribution in [3.8, 4) is 40.6 Å². The molecule has 1 spiro atoms. The maximum Gasteiger partial charge on any atom is 0.188 e. The van der Waals surface area contributed by atoms with Crippen LogP contribution < -0.4 is 18.9 Å². The second kappa shape index (κ2) is 8.27. The van der Waals surface area contributed by atoms with Gasteiger partial charge < -0.3 is 24.4 Å². The lowest BCUT2D eigenvalue weighted by Crippen LogP contribution is -2.27. The van der Waals surface area contributed by atoms with Crippen LogP contribution in [-0.4, -0.2) is 19.9 Å². The van der Waals surface area contributed by atoms with Gasteiger partial charge >= 0.3 is 0 Å². The number of benzene rings is 3. The third kappa shape index (κ3) is 3.30. The summed E-state index contributed by atoms with van der Waals surface area (Å²) in [5.41, 5.74) is 7.74. The highest BCUT2D eigenvalue weighted by atomic mass is 16.6. The third-order valence-electron chi connectivity index (χ3n) is 9.47. The Hall–Kier alpha value is -3.98. The first kappa shape index (κ1) is 26.3. The summed E-state index contributed by atoms with van der Waals surface area (Å²) in [5, 5.41) is 18.5. The fourth-order valence-electron chi connectivity index (χ4n) is 7.74. The number of ether oxygens (including phenoxy) is 4. The van der Waals surface area contributed by atoms with Gasteiger partial charge in [0.15, 0.2) is 34.5 Å². The summed E-state index contributed by atoms with van der Waals surface area (Å²) < 4.78 is 24.6. The van der Waals surface area contributed by atoms with Crippen LogP contribution >= 0.6 is 0 Å². The van der Waals surface area contributed by atoms with E-state index in [1.807, 2.05) is 13.8 Å². The van der Waals surface area contributed by atoms with Gasteiger partial charge in [-0.1, -0.05) is 27.7 Å². The number of fused-ring (bicyclic) bond motifs is 6. The zero-order chi connectivity index (χ0) is 28.9. The van der Waals surface area contributed by atoms with Crippen LogP contribution in [0, 0.1) is 30.6 Å². The first-order valence-corrected chi connectivity index (χ1v) is 13.7. The van der Waals surface area contributed by atoms with Crippen molar-refractivity contribution >= 4 is 5.71 Å². The van der Waals surface area contributed by atoms with E-state index in [0.29, 0.717) is 39.8 Å². The van der Waals surface area contributed by atoms with E-state index in [9.17, 15) is 5.26 Å². The monoisotopic (exact) mass is 536 g/mol. The molecule has 3 aliphatic rings. The minimum atomic E-state index is -0.239. The van der Waals surface area contributed by atoms with E-state index in [1.165, 1.54) is 22.3 Å². The van der Waals surface area contributed by atoms with Gasteiger partial charge in [0.2, 0.25) is 0 Å². The van der Waals surface area contributed by atoms with Crippen LogP contribution in [-0.2, 0) is 16.2 Å². The van der Waals surface area contributed by atoms with Crippen LogP contribution in [0.2, 0.25) is 0 Å². The molecule has 0 amide bonds. The number of nitriles is 1. The van der Waals surface area contributed by atoms with E-state index < -0.39 is 0 Å². The third-order valence-corrected chi connectivity index (χ3v) is 9.47. The number of hydrogen-bond donors (Lipinski definition) is 1. The summed E-state index contributed by atoms with van der Waals surface area (Å²) in [6.07, 6.45) is 1.88. The van der Waals surface area contributed by atoms with Crippen molar-refractivity contribution in [1.29, 1.82) is 10.7 Å². The van der Waals surface area contributed by atoms with Crippen LogP contribution in [0.15, 0.2) is 24.3 Å². The van der Waals surface area contributed by atoms with Crippen LogP contribution in [0.3, 0.4) is 0 Å². The van der Waals surface area contributed by atoms with Gasteiger partial charge in [-0.2, -0.15) is 5.26 Å². The Morgan fingerprint density at radius 2 is 1.27 bits per heavy atom. The topological polar surface area (TPSA) is 84.6 Å². The Kier molecular flexibility index (Phi) is 5.43. The standard InChI is InChI=1S/C34H36N2O4/c1-17-18(2)29(19(3)36)31-30(20(17)14-35)39-27-11-22-24(13-28(27)40-31)34(16-33(22,6)7)15-32(4,5)21-10-25(37-8)26(38-9)12-23(21)34/h10-13,36H,15-16H2,1-9H3.